The van der Waals surface area contributed by atoms with E-state index < -0.39 is 5.41 Å². The van der Waals surface area contributed by atoms with Crippen LogP contribution in [0.15, 0.2) is 249 Å². The fourth-order valence-electron chi connectivity index (χ4n) is 11.8. The van der Waals surface area contributed by atoms with E-state index in [0.717, 1.165) is 17.1 Å². The lowest BCUT2D eigenvalue weighted by molar-refractivity contribution is 0.793. The van der Waals surface area contributed by atoms with Crippen LogP contribution in [0.5, 0.6) is 0 Å². The second-order valence-electron chi connectivity index (χ2n) is 17.9. The Balaban J connectivity index is 1.01. The molecule has 0 aliphatic heterocycles. The molecule has 0 atom stereocenters. The summed E-state index contributed by atoms with van der Waals surface area (Å²) in [5, 5.41) is 2.49. The van der Waals surface area contributed by atoms with Crippen molar-refractivity contribution in [1.82, 2.24) is 0 Å². The average Bonchev–Trinajstić information content (AvgIpc) is 3.86. The molecule has 0 aromatic heterocycles. The van der Waals surface area contributed by atoms with Gasteiger partial charge in [-0.2, -0.15) is 0 Å². The van der Waals surface area contributed by atoms with Gasteiger partial charge in [0.2, 0.25) is 0 Å². The van der Waals surface area contributed by atoms with Crippen molar-refractivity contribution in [3.05, 3.63) is 271 Å². The summed E-state index contributed by atoms with van der Waals surface area (Å²) in [6.07, 6.45) is 0. The quantitative estimate of drug-likeness (QED) is 0.171. The highest BCUT2D eigenvalue weighted by atomic mass is 15.1. The third-order valence-electron chi connectivity index (χ3n) is 14.7. The molecule has 3 aliphatic rings. The third-order valence-corrected chi connectivity index (χ3v) is 14.7. The maximum Gasteiger partial charge on any atom is 0.0726 e. The zero-order valence-corrected chi connectivity index (χ0v) is 36.1. The minimum atomic E-state index is -0.456. The molecule has 14 rings (SSSR count). The van der Waals surface area contributed by atoms with E-state index in [1.165, 1.54) is 111 Å². The van der Waals surface area contributed by atoms with Crippen molar-refractivity contribution in [3.8, 4) is 77.9 Å². The first-order chi connectivity index (χ1) is 32.7. The molecule has 11 aromatic rings. The molecule has 0 bridgehead atoms. The van der Waals surface area contributed by atoms with Crippen molar-refractivity contribution in [1.29, 1.82) is 0 Å². The lowest BCUT2D eigenvalue weighted by Crippen LogP contribution is -2.26. The lowest BCUT2D eigenvalue weighted by atomic mass is 9.70. The van der Waals surface area contributed by atoms with Crippen LogP contribution in [-0.4, -0.2) is 0 Å². The molecule has 3 aliphatic carbocycles. The number of rotatable bonds is 4. The van der Waals surface area contributed by atoms with Gasteiger partial charge in [-0.15, -0.1) is 0 Å². The Morgan fingerprint density at radius 2 is 0.576 bits per heavy atom. The van der Waals surface area contributed by atoms with Gasteiger partial charge in [-0.25, -0.2) is 0 Å². The van der Waals surface area contributed by atoms with Crippen LogP contribution in [0.4, 0.5) is 17.1 Å². The Morgan fingerprint density at radius 3 is 1.11 bits per heavy atom. The molecule has 0 heterocycles. The van der Waals surface area contributed by atoms with E-state index in [4.69, 9.17) is 0 Å². The molecule has 306 valence electrons. The van der Waals surface area contributed by atoms with E-state index in [1.807, 2.05) is 0 Å². The van der Waals surface area contributed by atoms with E-state index in [1.54, 1.807) is 0 Å². The second-order valence-corrected chi connectivity index (χ2v) is 17.9. The SMILES string of the molecule is c1ccc2c(c1)-c1ccccc1-c1ccc(N(c3ccc(-c4ccc5ccccc5c4)cc3)c3ccc4c(c3)C3(c5ccccc5-c5ccccc53)c3ccccc3-4)cc1-c1ccccc1-2. The summed E-state index contributed by atoms with van der Waals surface area (Å²) in [5.41, 5.74) is 25.7. The summed E-state index contributed by atoms with van der Waals surface area (Å²) in [6.45, 7) is 0. The zero-order chi connectivity index (χ0) is 43.3. The Morgan fingerprint density at radius 1 is 0.212 bits per heavy atom. The summed E-state index contributed by atoms with van der Waals surface area (Å²) >= 11 is 0. The van der Waals surface area contributed by atoms with Crippen molar-refractivity contribution in [2.75, 3.05) is 4.90 Å². The fraction of sp³-hybridized carbons (Fsp3) is 0.0154. The first kappa shape index (κ1) is 36.9. The number of fused-ring (bicyclic) bond motifs is 19. The predicted molar refractivity (Wildman–Crippen MR) is 276 cm³/mol. The summed E-state index contributed by atoms with van der Waals surface area (Å²) in [4.78, 5) is 2.48. The van der Waals surface area contributed by atoms with E-state index in [2.05, 4.69) is 254 Å². The van der Waals surface area contributed by atoms with Crippen molar-refractivity contribution in [3.63, 3.8) is 0 Å². The lowest BCUT2D eigenvalue weighted by Gasteiger charge is -2.32. The Bertz CT molecular complexity index is 3710. The fourth-order valence-corrected chi connectivity index (χ4v) is 11.8. The van der Waals surface area contributed by atoms with Gasteiger partial charge in [0.25, 0.3) is 0 Å². The number of hydrogen-bond acceptors (Lipinski definition) is 1. The Hall–Kier alpha value is -8.52. The van der Waals surface area contributed by atoms with Gasteiger partial charge in [-0.3, -0.25) is 0 Å². The highest BCUT2D eigenvalue weighted by Crippen LogP contribution is 2.63. The first-order valence-electron chi connectivity index (χ1n) is 23.0. The van der Waals surface area contributed by atoms with Crippen LogP contribution < -0.4 is 4.90 Å². The van der Waals surface area contributed by atoms with E-state index in [-0.39, 0.29) is 0 Å². The predicted octanol–water partition coefficient (Wildman–Crippen LogP) is 17.3. The highest BCUT2D eigenvalue weighted by molar-refractivity contribution is 6.04. The van der Waals surface area contributed by atoms with Crippen LogP contribution in [-0.2, 0) is 5.41 Å². The van der Waals surface area contributed by atoms with Crippen molar-refractivity contribution < 1.29 is 0 Å². The molecule has 0 saturated carbocycles. The molecule has 0 N–H and O–H groups in total. The van der Waals surface area contributed by atoms with Crippen LogP contribution >= 0.6 is 0 Å². The van der Waals surface area contributed by atoms with Gasteiger partial charge in [-0.05, 0) is 153 Å². The van der Waals surface area contributed by atoms with Gasteiger partial charge < -0.3 is 4.90 Å². The highest BCUT2D eigenvalue weighted by Gasteiger charge is 2.51. The van der Waals surface area contributed by atoms with Gasteiger partial charge in [0.05, 0.1) is 5.41 Å². The van der Waals surface area contributed by atoms with Crippen molar-refractivity contribution in [2.24, 2.45) is 0 Å². The summed E-state index contributed by atoms with van der Waals surface area (Å²) in [6, 6.07) is 92.9. The van der Waals surface area contributed by atoms with E-state index in [9.17, 15) is 0 Å². The van der Waals surface area contributed by atoms with Gasteiger partial charge in [0.15, 0.2) is 0 Å². The number of benzene rings is 11. The standard InChI is InChI=1S/C65H41N/c1-2-16-44-39-45(30-29-42(44)15-1)43-31-33-46(34-32-43)66(47-35-37-55-53-21-6-5-19-51(53)49-17-3-4-18-50(49)52-20-7-8-22-54(52)60(55)40-47)48-36-38-59-58-25-11-14-28-63(58)65(64(59)41-48)61-26-12-9-23-56(61)57-24-10-13-27-62(57)65/h1-41H. The van der Waals surface area contributed by atoms with E-state index in [0.29, 0.717) is 0 Å². The van der Waals surface area contributed by atoms with Crippen molar-refractivity contribution >= 4 is 27.8 Å². The molecular formula is C65H41N. The van der Waals surface area contributed by atoms with E-state index >= 15 is 0 Å². The van der Waals surface area contributed by atoms with Gasteiger partial charge in [0, 0.05) is 17.1 Å². The monoisotopic (exact) mass is 835 g/mol. The largest absolute Gasteiger partial charge is 0.310 e. The minimum Gasteiger partial charge on any atom is -0.310 e. The van der Waals surface area contributed by atoms with Crippen LogP contribution in [0.1, 0.15) is 22.3 Å². The minimum absolute atomic E-state index is 0.456. The molecule has 0 fully saturated rings. The maximum absolute atomic E-state index is 2.50. The zero-order valence-electron chi connectivity index (χ0n) is 36.1. The number of nitrogens with zero attached hydrogens (tertiary/aromatic N) is 1. The molecule has 0 radical (unpaired) electrons. The topological polar surface area (TPSA) is 3.24 Å². The Labute approximate surface area is 385 Å². The second kappa shape index (κ2) is 14.2. The van der Waals surface area contributed by atoms with Gasteiger partial charge in [0.1, 0.15) is 0 Å². The summed E-state index contributed by atoms with van der Waals surface area (Å²) in [7, 11) is 0. The molecule has 0 amide bonds. The summed E-state index contributed by atoms with van der Waals surface area (Å²) < 4.78 is 0. The molecule has 66 heavy (non-hydrogen) atoms. The summed E-state index contributed by atoms with van der Waals surface area (Å²) in [5.74, 6) is 0. The molecule has 1 nitrogen and oxygen atoms in total. The van der Waals surface area contributed by atoms with Crippen LogP contribution in [0.25, 0.3) is 88.7 Å². The molecule has 1 spiro atoms. The molecule has 0 saturated heterocycles. The molecular weight excluding hydrogens is 795 g/mol. The molecule has 11 aromatic carbocycles. The molecule has 0 unspecified atom stereocenters. The molecule has 1 heteroatoms. The van der Waals surface area contributed by atoms with Gasteiger partial charge in [-0.1, -0.05) is 206 Å². The maximum atomic E-state index is 2.50. The third kappa shape index (κ3) is 5.23. The van der Waals surface area contributed by atoms with Crippen LogP contribution in [0.3, 0.4) is 0 Å². The first-order valence-corrected chi connectivity index (χ1v) is 23.0. The van der Waals surface area contributed by atoms with Gasteiger partial charge >= 0.3 is 0 Å². The van der Waals surface area contributed by atoms with Crippen molar-refractivity contribution in [2.45, 2.75) is 5.41 Å². The number of hydrogen-bond donors (Lipinski definition) is 0. The number of anilines is 3. The van der Waals surface area contributed by atoms with Crippen LogP contribution in [0.2, 0.25) is 0 Å². The Kier molecular flexibility index (Phi) is 7.97. The smallest absolute Gasteiger partial charge is 0.0726 e. The van der Waals surface area contributed by atoms with Crippen LogP contribution in [0, 0.1) is 0 Å². The average molecular weight is 836 g/mol. The normalized spacial score (nSPS) is 13.0.